The molecule has 1 unspecified atom stereocenters. The molecular formula is C21H26FN3O. The second kappa shape index (κ2) is 8.32. The Hall–Kier alpha value is -2.40. The molecule has 0 bridgehead atoms. The lowest BCUT2D eigenvalue weighted by Crippen LogP contribution is -2.45. The van der Waals surface area contributed by atoms with Crippen LogP contribution in [0.2, 0.25) is 0 Å². The van der Waals surface area contributed by atoms with Crippen LogP contribution in [0.5, 0.6) is 0 Å². The molecule has 0 aliphatic carbocycles. The third kappa shape index (κ3) is 4.82. The van der Waals surface area contributed by atoms with Crippen LogP contribution in [0.1, 0.15) is 31.0 Å². The molecule has 26 heavy (non-hydrogen) atoms. The fourth-order valence-corrected chi connectivity index (χ4v) is 3.37. The monoisotopic (exact) mass is 355 g/mol. The number of nitrogens with zero attached hydrogens (tertiary/aromatic N) is 2. The van der Waals surface area contributed by atoms with Crippen molar-refractivity contribution in [2.24, 2.45) is 0 Å². The summed E-state index contributed by atoms with van der Waals surface area (Å²) in [5, 5.41) is 2.91. The molecule has 0 saturated carbocycles. The van der Waals surface area contributed by atoms with Crippen molar-refractivity contribution in [3.05, 3.63) is 65.5 Å². The van der Waals surface area contributed by atoms with E-state index in [-0.39, 0.29) is 17.8 Å². The van der Waals surface area contributed by atoms with E-state index in [4.69, 9.17) is 0 Å². The van der Waals surface area contributed by atoms with Crippen molar-refractivity contribution in [2.45, 2.75) is 26.4 Å². The standard InChI is InChI=1S/C21H26FN3O/c1-16(23-17(2)26)19-5-3-18(4-6-19)15-24-11-13-25(14-12-24)21-9-7-20(22)8-10-21/h3-10,16H,11-15H2,1-2H3,(H,23,26). The number of amides is 1. The fraction of sp³-hybridized carbons (Fsp3) is 0.381. The molecular weight excluding hydrogens is 329 g/mol. The maximum atomic E-state index is 13.1. The van der Waals surface area contributed by atoms with Gasteiger partial charge in [-0.3, -0.25) is 9.69 Å². The number of anilines is 1. The predicted octanol–water partition coefficient (Wildman–Crippen LogP) is 3.35. The van der Waals surface area contributed by atoms with Crippen LogP contribution < -0.4 is 10.2 Å². The Labute approximate surface area is 154 Å². The van der Waals surface area contributed by atoms with Crippen molar-refractivity contribution in [1.29, 1.82) is 0 Å². The Morgan fingerprint density at radius 2 is 1.65 bits per heavy atom. The minimum atomic E-state index is -0.191. The Morgan fingerprint density at radius 3 is 2.23 bits per heavy atom. The first-order valence-corrected chi connectivity index (χ1v) is 9.10. The number of rotatable bonds is 5. The smallest absolute Gasteiger partial charge is 0.217 e. The topological polar surface area (TPSA) is 35.6 Å². The summed E-state index contributed by atoms with van der Waals surface area (Å²) in [5.74, 6) is -0.204. The zero-order valence-electron chi connectivity index (χ0n) is 15.4. The summed E-state index contributed by atoms with van der Waals surface area (Å²) in [5.41, 5.74) is 3.48. The molecule has 2 aromatic rings. The highest BCUT2D eigenvalue weighted by atomic mass is 19.1. The third-order valence-corrected chi connectivity index (χ3v) is 4.87. The number of carbonyl (C=O) groups excluding carboxylic acids is 1. The first-order chi connectivity index (χ1) is 12.5. The molecule has 1 aliphatic heterocycles. The van der Waals surface area contributed by atoms with Gasteiger partial charge in [0.25, 0.3) is 0 Å². The lowest BCUT2D eigenvalue weighted by Gasteiger charge is -2.36. The van der Waals surface area contributed by atoms with Gasteiger partial charge in [0.05, 0.1) is 6.04 Å². The zero-order chi connectivity index (χ0) is 18.5. The summed E-state index contributed by atoms with van der Waals surface area (Å²) in [6, 6.07) is 15.2. The van der Waals surface area contributed by atoms with Crippen molar-refractivity contribution in [3.8, 4) is 0 Å². The fourth-order valence-electron chi connectivity index (χ4n) is 3.37. The predicted molar refractivity (Wildman–Crippen MR) is 103 cm³/mol. The summed E-state index contributed by atoms with van der Waals surface area (Å²) in [6.07, 6.45) is 0. The quantitative estimate of drug-likeness (QED) is 0.893. The number of carbonyl (C=O) groups is 1. The van der Waals surface area contributed by atoms with Gasteiger partial charge in [0.2, 0.25) is 5.91 Å². The number of benzene rings is 2. The highest BCUT2D eigenvalue weighted by Gasteiger charge is 2.17. The maximum absolute atomic E-state index is 13.1. The molecule has 1 atom stereocenters. The Bertz CT molecular complexity index is 722. The van der Waals surface area contributed by atoms with Crippen LogP contribution in [0.25, 0.3) is 0 Å². The van der Waals surface area contributed by atoms with E-state index in [1.165, 1.54) is 24.6 Å². The molecule has 5 heteroatoms. The average Bonchev–Trinajstić information content (AvgIpc) is 2.63. The van der Waals surface area contributed by atoms with Crippen LogP contribution in [0.3, 0.4) is 0 Å². The highest BCUT2D eigenvalue weighted by Crippen LogP contribution is 2.19. The number of halogens is 1. The highest BCUT2D eigenvalue weighted by molar-refractivity contribution is 5.73. The molecule has 138 valence electrons. The minimum Gasteiger partial charge on any atom is -0.369 e. The third-order valence-electron chi connectivity index (χ3n) is 4.87. The van der Waals surface area contributed by atoms with Gasteiger partial charge in [-0.1, -0.05) is 24.3 Å². The number of hydrogen-bond acceptors (Lipinski definition) is 3. The van der Waals surface area contributed by atoms with E-state index < -0.39 is 0 Å². The normalized spacial score (nSPS) is 16.3. The van der Waals surface area contributed by atoms with E-state index in [0.717, 1.165) is 44.0 Å². The molecule has 4 nitrogen and oxygen atoms in total. The van der Waals surface area contributed by atoms with Gasteiger partial charge in [-0.05, 0) is 42.3 Å². The van der Waals surface area contributed by atoms with Gasteiger partial charge in [-0.2, -0.15) is 0 Å². The molecule has 0 spiro atoms. The van der Waals surface area contributed by atoms with Crippen molar-refractivity contribution < 1.29 is 9.18 Å². The van der Waals surface area contributed by atoms with Crippen LogP contribution in [0.4, 0.5) is 10.1 Å². The Kier molecular flexibility index (Phi) is 5.89. The first kappa shape index (κ1) is 18.4. The van der Waals surface area contributed by atoms with Gasteiger partial charge in [-0.25, -0.2) is 4.39 Å². The second-order valence-corrected chi connectivity index (χ2v) is 6.90. The maximum Gasteiger partial charge on any atom is 0.217 e. The zero-order valence-corrected chi connectivity index (χ0v) is 15.4. The van der Waals surface area contributed by atoms with E-state index in [2.05, 4.69) is 39.4 Å². The molecule has 1 aliphatic rings. The summed E-state index contributed by atoms with van der Waals surface area (Å²) in [7, 11) is 0. The SMILES string of the molecule is CC(=O)NC(C)c1ccc(CN2CCN(c3ccc(F)cc3)CC2)cc1. The van der Waals surface area contributed by atoms with E-state index in [9.17, 15) is 9.18 Å². The van der Waals surface area contributed by atoms with Crippen LogP contribution >= 0.6 is 0 Å². The lowest BCUT2D eigenvalue weighted by atomic mass is 10.1. The van der Waals surface area contributed by atoms with Crippen LogP contribution in [-0.4, -0.2) is 37.0 Å². The summed E-state index contributed by atoms with van der Waals surface area (Å²) in [6.45, 7) is 8.32. The molecule has 1 fully saturated rings. The van der Waals surface area contributed by atoms with E-state index in [1.807, 2.05) is 19.1 Å². The van der Waals surface area contributed by atoms with Crippen LogP contribution in [0.15, 0.2) is 48.5 Å². The first-order valence-electron chi connectivity index (χ1n) is 9.10. The van der Waals surface area contributed by atoms with Crippen LogP contribution in [0, 0.1) is 5.82 Å². The molecule has 3 rings (SSSR count). The molecule has 1 saturated heterocycles. The van der Waals surface area contributed by atoms with Crippen molar-refractivity contribution in [3.63, 3.8) is 0 Å². The summed E-state index contributed by atoms with van der Waals surface area (Å²) >= 11 is 0. The largest absolute Gasteiger partial charge is 0.369 e. The van der Waals surface area contributed by atoms with Gasteiger partial charge >= 0.3 is 0 Å². The molecule has 0 radical (unpaired) electrons. The average molecular weight is 355 g/mol. The lowest BCUT2D eigenvalue weighted by molar-refractivity contribution is -0.119. The summed E-state index contributed by atoms with van der Waals surface area (Å²) < 4.78 is 13.1. The van der Waals surface area contributed by atoms with E-state index >= 15 is 0 Å². The van der Waals surface area contributed by atoms with Crippen molar-refractivity contribution >= 4 is 11.6 Å². The molecule has 0 aromatic heterocycles. The molecule has 2 aromatic carbocycles. The Morgan fingerprint density at radius 1 is 1.04 bits per heavy atom. The minimum absolute atomic E-state index is 0.0133. The second-order valence-electron chi connectivity index (χ2n) is 6.90. The van der Waals surface area contributed by atoms with Gasteiger partial charge in [0.15, 0.2) is 0 Å². The van der Waals surface area contributed by atoms with Crippen molar-refractivity contribution in [2.75, 3.05) is 31.1 Å². The Balaban J connectivity index is 1.51. The number of nitrogens with one attached hydrogen (secondary N) is 1. The molecule has 1 N–H and O–H groups in total. The van der Waals surface area contributed by atoms with Gasteiger partial charge < -0.3 is 10.2 Å². The number of hydrogen-bond donors (Lipinski definition) is 1. The van der Waals surface area contributed by atoms with E-state index in [0.29, 0.717) is 0 Å². The van der Waals surface area contributed by atoms with E-state index in [1.54, 1.807) is 0 Å². The van der Waals surface area contributed by atoms with Gasteiger partial charge in [-0.15, -0.1) is 0 Å². The molecule has 1 amide bonds. The van der Waals surface area contributed by atoms with Crippen molar-refractivity contribution in [1.82, 2.24) is 10.2 Å². The van der Waals surface area contributed by atoms with Crippen LogP contribution in [-0.2, 0) is 11.3 Å². The molecule has 1 heterocycles. The summed E-state index contributed by atoms with van der Waals surface area (Å²) in [4.78, 5) is 15.9. The number of piperazine rings is 1. The van der Waals surface area contributed by atoms with Gasteiger partial charge in [0.1, 0.15) is 5.82 Å². The van der Waals surface area contributed by atoms with Gasteiger partial charge in [0, 0.05) is 45.3 Å².